The van der Waals surface area contributed by atoms with Gasteiger partial charge in [0.2, 0.25) is 10.0 Å². The molecule has 180 valence electrons. The quantitative estimate of drug-likeness (QED) is 0.267. The third kappa shape index (κ3) is 6.82. The maximum atomic E-state index is 13.3. The molecule has 0 spiro atoms. The summed E-state index contributed by atoms with van der Waals surface area (Å²) in [6.45, 7) is 4.53. The molecule has 34 heavy (non-hydrogen) atoms. The minimum absolute atomic E-state index is 0.110. The summed E-state index contributed by atoms with van der Waals surface area (Å²) >= 11 is 0. The van der Waals surface area contributed by atoms with E-state index in [0.29, 0.717) is 24.4 Å². The minimum Gasteiger partial charge on any atom is -0.462 e. The highest BCUT2D eigenvalue weighted by atomic mass is 32.2. The fourth-order valence-electron chi connectivity index (χ4n) is 3.23. The van der Waals surface area contributed by atoms with E-state index in [1.807, 2.05) is 43.3 Å². The van der Waals surface area contributed by atoms with E-state index in [1.165, 1.54) is 6.07 Å². The summed E-state index contributed by atoms with van der Waals surface area (Å²) in [6.07, 6.45) is 1.52. The van der Waals surface area contributed by atoms with Crippen molar-refractivity contribution in [1.82, 2.24) is 4.72 Å². The van der Waals surface area contributed by atoms with Gasteiger partial charge in [-0.15, -0.1) is 0 Å². The van der Waals surface area contributed by atoms with E-state index in [-0.39, 0.29) is 29.4 Å². The second kappa shape index (κ2) is 12.2. The molecule has 0 saturated carbocycles. The van der Waals surface area contributed by atoms with Gasteiger partial charge >= 0.3 is 5.97 Å². The second-order valence-electron chi connectivity index (χ2n) is 7.58. The standard InChI is InChI=1S/C26H30N2O5S/c1-3-5-16-28-34(30,31)24-18-21(26(29)32-4-2)17-23(27-19-20-12-8-6-9-13-20)25(24)33-22-14-10-7-11-15-22/h6-15,17-18,27-28H,3-5,16,19H2,1-2H3. The summed E-state index contributed by atoms with van der Waals surface area (Å²) in [6, 6.07) is 21.4. The van der Waals surface area contributed by atoms with Crippen LogP contribution in [0.25, 0.3) is 0 Å². The topological polar surface area (TPSA) is 93.7 Å². The van der Waals surface area contributed by atoms with Gasteiger partial charge in [0.25, 0.3) is 0 Å². The Labute approximate surface area is 201 Å². The predicted molar refractivity (Wildman–Crippen MR) is 133 cm³/mol. The van der Waals surface area contributed by atoms with Crippen LogP contribution in [-0.4, -0.2) is 27.5 Å². The zero-order chi connectivity index (χ0) is 24.4. The first-order chi connectivity index (χ1) is 16.4. The molecule has 0 bridgehead atoms. The molecule has 7 nitrogen and oxygen atoms in total. The number of para-hydroxylation sites is 1. The Hall–Kier alpha value is -3.36. The van der Waals surface area contributed by atoms with Crippen molar-refractivity contribution in [2.75, 3.05) is 18.5 Å². The lowest BCUT2D eigenvalue weighted by Gasteiger charge is -2.19. The van der Waals surface area contributed by atoms with E-state index >= 15 is 0 Å². The summed E-state index contributed by atoms with van der Waals surface area (Å²) in [5.74, 6) is -0.0279. The molecule has 0 aliphatic rings. The van der Waals surface area contributed by atoms with Crippen LogP contribution in [-0.2, 0) is 21.3 Å². The van der Waals surface area contributed by atoms with Gasteiger partial charge in [0, 0.05) is 13.1 Å². The van der Waals surface area contributed by atoms with E-state index in [4.69, 9.17) is 9.47 Å². The molecule has 8 heteroatoms. The summed E-state index contributed by atoms with van der Waals surface area (Å²) in [7, 11) is -3.98. The van der Waals surface area contributed by atoms with Crippen molar-refractivity contribution in [3.8, 4) is 11.5 Å². The zero-order valence-corrected chi connectivity index (χ0v) is 20.2. The average Bonchev–Trinajstić information content (AvgIpc) is 2.84. The van der Waals surface area contributed by atoms with Crippen LogP contribution in [0.5, 0.6) is 11.5 Å². The molecule has 0 radical (unpaired) electrons. The molecule has 0 unspecified atom stereocenters. The Morgan fingerprint density at radius 3 is 2.26 bits per heavy atom. The van der Waals surface area contributed by atoms with Crippen LogP contribution in [0.15, 0.2) is 77.7 Å². The number of nitrogens with one attached hydrogen (secondary N) is 2. The molecule has 0 heterocycles. The number of sulfonamides is 1. The number of unbranched alkanes of at least 4 members (excludes halogenated alkanes) is 1. The van der Waals surface area contributed by atoms with Crippen LogP contribution >= 0.6 is 0 Å². The summed E-state index contributed by atoms with van der Waals surface area (Å²) in [4.78, 5) is 12.4. The Balaban J connectivity index is 2.11. The van der Waals surface area contributed by atoms with E-state index in [9.17, 15) is 13.2 Å². The molecule has 3 aromatic carbocycles. The van der Waals surface area contributed by atoms with Gasteiger partial charge in [0.15, 0.2) is 5.75 Å². The number of hydrogen-bond donors (Lipinski definition) is 2. The van der Waals surface area contributed by atoms with Crippen molar-refractivity contribution in [2.24, 2.45) is 0 Å². The highest BCUT2D eigenvalue weighted by molar-refractivity contribution is 7.89. The van der Waals surface area contributed by atoms with E-state index in [0.717, 1.165) is 12.0 Å². The fraction of sp³-hybridized carbons (Fsp3) is 0.269. The third-order valence-corrected chi connectivity index (χ3v) is 6.43. The van der Waals surface area contributed by atoms with Crippen LogP contribution in [0.1, 0.15) is 42.6 Å². The average molecular weight is 483 g/mol. The lowest BCUT2D eigenvalue weighted by molar-refractivity contribution is 0.0526. The monoisotopic (exact) mass is 482 g/mol. The highest BCUT2D eigenvalue weighted by Crippen LogP contribution is 2.38. The fourth-order valence-corrected chi connectivity index (χ4v) is 4.48. The molecule has 0 saturated heterocycles. The molecule has 0 atom stereocenters. The Morgan fingerprint density at radius 2 is 1.62 bits per heavy atom. The summed E-state index contributed by atoms with van der Waals surface area (Å²) < 4.78 is 40.5. The van der Waals surface area contributed by atoms with Crippen LogP contribution in [0.3, 0.4) is 0 Å². The Bertz CT molecular complexity index is 1180. The first-order valence-electron chi connectivity index (χ1n) is 11.3. The van der Waals surface area contributed by atoms with Crippen LogP contribution in [0.2, 0.25) is 0 Å². The molecule has 0 amide bonds. The number of rotatable bonds is 12. The molecular weight excluding hydrogens is 452 g/mol. The number of esters is 1. The Morgan fingerprint density at radius 1 is 0.941 bits per heavy atom. The summed E-state index contributed by atoms with van der Waals surface area (Å²) in [5, 5.41) is 3.24. The third-order valence-electron chi connectivity index (χ3n) is 4.97. The Kier molecular flexibility index (Phi) is 9.07. The number of carbonyl (C=O) groups excluding carboxylic acids is 1. The molecule has 0 fully saturated rings. The van der Waals surface area contributed by atoms with Gasteiger partial charge in [-0.1, -0.05) is 61.9 Å². The molecule has 3 aromatic rings. The smallest absolute Gasteiger partial charge is 0.338 e. The largest absolute Gasteiger partial charge is 0.462 e. The maximum Gasteiger partial charge on any atom is 0.338 e. The highest BCUT2D eigenvalue weighted by Gasteiger charge is 2.26. The molecule has 0 aromatic heterocycles. The molecule has 0 aliphatic heterocycles. The molecule has 0 aliphatic carbocycles. The van der Waals surface area contributed by atoms with Crippen LogP contribution in [0, 0.1) is 0 Å². The zero-order valence-electron chi connectivity index (χ0n) is 19.4. The number of hydrogen-bond acceptors (Lipinski definition) is 6. The molecule has 3 rings (SSSR count). The first kappa shape index (κ1) is 25.3. The first-order valence-corrected chi connectivity index (χ1v) is 12.8. The van der Waals surface area contributed by atoms with Gasteiger partial charge in [-0.3, -0.25) is 0 Å². The number of benzene rings is 3. The van der Waals surface area contributed by atoms with Crippen LogP contribution in [0.4, 0.5) is 5.69 Å². The van der Waals surface area contributed by atoms with Gasteiger partial charge in [-0.2, -0.15) is 0 Å². The SMILES string of the molecule is CCCCNS(=O)(=O)c1cc(C(=O)OCC)cc(NCc2ccccc2)c1Oc1ccccc1. The summed E-state index contributed by atoms with van der Waals surface area (Å²) in [5.41, 5.74) is 1.47. The normalized spacial score (nSPS) is 11.1. The van der Waals surface area contributed by atoms with Gasteiger partial charge in [-0.05, 0) is 43.2 Å². The van der Waals surface area contributed by atoms with Crippen molar-refractivity contribution >= 4 is 21.7 Å². The predicted octanol–water partition coefficient (Wildman–Crippen LogP) is 5.35. The van der Waals surface area contributed by atoms with Crippen molar-refractivity contribution in [3.05, 3.63) is 83.9 Å². The molecule has 2 N–H and O–H groups in total. The number of ether oxygens (including phenoxy) is 2. The lowest BCUT2D eigenvalue weighted by Crippen LogP contribution is -2.26. The number of anilines is 1. The maximum absolute atomic E-state index is 13.3. The minimum atomic E-state index is -3.98. The number of carbonyl (C=O) groups is 1. The van der Waals surface area contributed by atoms with Crippen molar-refractivity contribution in [3.63, 3.8) is 0 Å². The van der Waals surface area contributed by atoms with Crippen LogP contribution < -0.4 is 14.8 Å². The van der Waals surface area contributed by atoms with E-state index in [2.05, 4.69) is 10.0 Å². The lowest BCUT2D eigenvalue weighted by atomic mass is 10.1. The van der Waals surface area contributed by atoms with Crippen molar-refractivity contribution < 1.29 is 22.7 Å². The second-order valence-corrected chi connectivity index (χ2v) is 9.31. The molecular formula is C26H30N2O5S. The van der Waals surface area contributed by atoms with Gasteiger partial charge < -0.3 is 14.8 Å². The van der Waals surface area contributed by atoms with Crippen molar-refractivity contribution in [2.45, 2.75) is 38.1 Å². The van der Waals surface area contributed by atoms with Gasteiger partial charge in [0.05, 0.1) is 17.9 Å². The van der Waals surface area contributed by atoms with Crippen molar-refractivity contribution in [1.29, 1.82) is 0 Å². The van der Waals surface area contributed by atoms with E-state index < -0.39 is 16.0 Å². The van der Waals surface area contributed by atoms with Gasteiger partial charge in [-0.25, -0.2) is 17.9 Å². The van der Waals surface area contributed by atoms with Gasteiger partial charge in [0.1, 0.15) is 10.6 Å². The van der Waals surface area contributed by atoms with E-state index in [1.54, 1.807) is 37.3 Å².